The van der Waals surface area contributed by atoms with Gasteiger partial charge in [-0.2, -0.15) is 0 Å². The van der Waals surface area contributed by atoms with Gasteiger partial charge >= 0.3 is 0 Å². The first-order chi connectivity index (χ1) is 5.73. The van der Waals surface area contributed by atoms with E-state index >= 15 is 0 Å². The maximum Gasteiger partial charge on any atom is 0.152 e. The fourth-order valence-electron chi connectivity index (χ4n) is 1.48. The first-order valence-corrected chi connectivity index (χ1v) is 7.72. The summed E-state index contributed by atoms with van der Waals surface area (Å²) in [6, 6.07) is 0. The second-order valence-electron chi connectivity index (χ2n) is 3.39. The number of rotatable bonds is 2. The molecule has 13 heavy (non-hydrogen) atoms. The Labute approximate surface area is 78.4 Å². The van der Waals surface area contributed by atoms with Crippen molar-refractivity contribution in [3.8, 4) is 0 Å². The van der Waals surface area contributed by atoms with E-state index in [-0.39, 0.29) is 13.1 Å². The molecule has 1 heterocycles. The van der Waals surface area contributed by atoms with Crippen LogP contribution in [0.15, 0.2) is 0 Å². The Balaban J connectivity index is 3.03. The second-order valence-corrected chi connectivity index (χ2v) is 7.92. The van der Waals surface area contributed by atoms with Crippen molar-refractivity contribution in [3.05, 3.63) is 0 Å². The third-order valence-electron chi connectivity index (χ3n) is 2.21. The van der Waals surface area contributed by atoms with E-state index in [1.807, 2.05) is 0 Å². The largest absolute Gasteiger partial charge is 0.314 e. The predicted octanol–water partition coefficient (Wildman–Crippen LogP) is -1.58. The molecule has 1 aliphatic heterocycles. The number of nitrogens with one attached hydrogen (secondary N) is 1. The van der Waals surface area contributed by atoms with Gasteiger partial charge in [-0.05, 0) is 0 Å². The van der Waals surface area contributed by atoms with Crippen molar-refractivity contribution in [2.75, 3.05) is 25.6 Å². The maximum atomic E-state index is 11.2. The lowest BCUT2D eigenvalue weighted by atomic mass is 10.4. The third-order valence-corrected chi connectivity index (χ3v) is 5.57. The molecule has 1 saturated heterocycles. The van der Waals surface area contributed by atoms with E-state index in [4.69, 9.17) is 0 Å². The van der Waals surface area contributed by atoms with Gasteiger partial charge < -0.3 is 5.32 Å². The quantitative estimate of drug-likeness (QED) is 0.615. The van der Waals surface area contributed by atoms with Gasteiger partial charge in [0.2, 0.25) is 0 Å². The standard InChI is InChI=1S/C6H13NO4S2/c1-12(8,9)5-3-7-4-6(5)13(2,10)11/h5-7H,3-4H2,1-2H3. The minimum atomic E-state index is -3.28. The van der Waals surface area contributed by atoms with Crippen LogP contribution >= 0.6 is 0 Å². The van der Waals surface area contributed by atoms with E-state index in [2.05, 4.69) is 5.32 Å². The summed E-state index contributed by atoms with van der Waals surface area (Å²) in [4.78, 5) is 0. The van der Waals surface area contributed by atoms with Crippen LogP contribution in [0, 0.1) is 0 Å². The highest BCUT2D eigenvalue weighted by atomic mass is 32.2. The lowest BCUT2D eigenvalue weighted by molar-refractivity contribution is 0.573. The van der Waals surface area contributed by atoms with Crippen LogP contribution in [0.25, 0.3) is 0 Å². The summed E-state index contributed by atoms with van der Waals surface area (Å²) < 4.78 is 44.7. The van der Waals surface area contributed by atoms with Crippen molar-refractivity contribution < 1.29 is 16.8 Å². The van der Waals surface area contributed by atoms with Gasteiger partial charge in [-0.3, -0.25) is 0 Å². The zero-order valence-corrected chi connectivity index (χ0v) is 9.15. The van der Waals surface area contributed by atoms with Gasteiger partial charge in [0, 0.05) is 25.6 Å². The Morgan fingerprint density at radius 3 is 1.46 bits per heavy atom. The molecule has 0 amide bonds. The molecule has 0 saturated carbocycles. The molecule has 1 N–H and O–H groups in total. The normalized spacial score (nSPS) is 30.6. The molecule has 7 heteroatoms. The van der Waals surface area contributed by atoms with Gasteiger partial charge in [-0.15, -0.1) is 0 Å². The Bertz CT molecular complexity index is 345. The molecule has 2 atom stereocenters. The Hall–Kier alpha value is -0.140. The molecule has 0 bridgehead atoms. The summed E-state index contributed by atoms with van der Waals surface area (Å²) in [5.41, 5.74) is 0. The van der Waals surface area contributed by atoms with E-state index in [1.54, 1.807) is 0 Å². The molecular formula is C6H13NO4S2. The molecule has 1 rings (SSSR count). The lowest BCUT2D eigenvalue weighted by Gasteiger charge is -2.14. The molecule has 0 aromatic rings. The lowest BCUT2D eigenvalue weighted by Crippen LogP contribution is -2.37. The van der Waals surface area contributed by atoms with E-state index < -0.39 is 30.2 Å². The van der Waals surface area contributed by atoms with E-state index in [0.29, 0.717) is 0 Å². The molecular weight excluding hydrogens is 214 g/mol. The zero-order valence-electron chi connectivity index (χ0n) is 7.52. The highest BCUT2D eigenvalue weighted by Gasteiger charge is 2.40. The van der Waals surface area contributed by atoms with Crippen LogP contribution in [0.2, 0.25) is 0 Å². The summed E-state index contributed by atoms with van der Waals surface area (Å²) >= 11 is 0. The fraction of sp³-hybridized carbons (Fsp3) is 1.00. The average Bonchev–Trinajstić information content (AvgIpc) is 2.27. The van der Waals surface area contributed by atoms with Crippen LogP contribution in [0.1, 0.15) is 0 Å². The molecule has 0 radical (unpaired) electrons. The van der Waals surface area contributed by atoms with Crippen LogP contribution in [0.5, 0.6) is 0 Å². The van der Waals surface area contributed by atoms with Crippen LogP contribution in [0.4, 0.5) is 0 Å². The molecule has 1 aliphatic rings. The Morgan fingerprint density at radius 1 is 0.923 bits per heavy atom. The van der Waals surface area contributed by atoms with Crippen molar-refractivity contribution in [3.63, 3.8) is 0 Å². The molecule has 78 valence electrons. The summed E-state index contributed by atoms with van der Waals surface area (Å²) in [6.07, 6.45) is 2.14. The summed E-state index contributed by atoms with van der Waals surface area (Å²) in [6.45, 7) is 0.465. The molecule has 0 spiro atoms. The molecule has 5 nitrogen and oxygen atoms in total. The van der Waals surface area contributed by atoms with Crippen LogP contribution in [-0.4, -0.2) is 52.9 Å². The highest BCUT2D eigenvalue weighted by molar-refractivity contribution is 7.95. The van der Waals surface area contributed by atoms with E-state index in [9.17, 15) is 16.8 Å². The Morgan fingerprint density at radius 2 is 1.23 bits per heavy atom. The maximum absolute atomic E-state index is 11.2. The van der Waals surface area contributed by atoms with E-state index in [0.717, 1.165) is 12.5 Å². The first kappa shape index (κ1) is 10.9. The average molecular weight is 227 g/mol. The summed E-state index contributed by atoms with van der Waals surface area (Å²) in [5, 5.41) is 1.20. The summed E-state index contributed by atoms with van der Waals surface area (Å²) in [5.74, 6) is 0. The molecule has 0 aliphatic carbocycles. The molecule has 2 unspecified atom stereocenters. The topological polar surface area (TPSA) is 80.3 Å². The number of sulfone groups is 2. The number of hydrogen-bond acceptors (Lipinski definition) is 5. The Kier molecular flexibility index (Phi) is 2.70. The van der Waals surface area contributed by atoms with Gasteiger partial charge in [0.25, 0.3) is 0 Å². The SMILES string of the molecule is CS(=O)(=O)C1CNCC1S(C)(=O)=O. The highest BCUT2D eigenvalue weighted by Crippen LogP contribution is 2.16. The zero-order chi connectivity index (χ0) is 10.3. The van der Waals surface area contributed by atoms with Gasteiger partial charge in [-0.1, -0.05) is 0 Å². The molecule has 0 aromatic heterocycles. The van der Waals surface area contributed by atoms with Crippen molar-refractivity contribution >= 4 is 19.7 Å². The van der Waals surface area contributed by atoms with Crippen LogP contribution in [0.3, 0.4) is 0 Å². The minimum Gasteiger partial charge on any atom is -0.314 e. The van der Waals surface area contributed by atoms with Gasteiger partial charge in [0.15, 0.2) is 19.7 Å². The van der Waals surface area contributed by atoms with Crippen molar-refractivity contribution in [2.24, 2.45) is 0 Å². The van der Waals surface area contributed by atoms with Gasteiger partial charge in [0.1, 0.15) is 0 Å². The summed E-state index contributed by atoms with van der Waals surface area (Å²) in [7, 11) is -6.55. The van der Waals surface area contributed by atoms with Crippen molar-refractivity contribution in [1.29, 1.82) is 0 Å². The van der Waals surface area contributed by atoms with Crippen LogP contribution in [-0.2, 0) is 19.7 Å². The first-order valence-electron chi connectivity index (χ1n) is 3.81. The minimum absolute atomic E-state index is 0.233. The third kappa shape index (κ3) is 2.41. The number of hydrogen-bond donors (Lipinski definition) is 1. The fourth-order valence-corrected chi connectivity index (χ4v) is 4.83. The molecule has 1 fully saturated rings. The van der Waals surface area contributed by atoms with Gasteiger partial charge in [-0.25, -0.2) is 16.8 Å². The monoisotopic (exact) mass is 227 g/mol. The van der Waals surface area contributed by atoms with Crippen molar-refractivity contribution in [1.82, 2.24) is 5.32 Å². The predicted molar refractivity (Wildman–Crippen MR) is 50.1 cm³/mol. The molecule has 0 aromatic carbocycles. The van der Waals surface area contributed by atoms with Crippen LogP contribution < -0.4 is 5.32 Å². The van der Waals surface area contributed by atoms with Crippen molar-refractivity contribution in [2.45, 2.75) is 10.5 Å². The smallest absolute Gasteiger partial charge is 0.152 e. The van der Waals surface area contributed by atoms with Gasteiger partial charge in [0.05, 0.1) is 10.5 Å². The van der Waals surface area contributed by atoms with E-state index in [1.165, 1.54) is 0 Å². The second kappa shape index (κ2) is 3.21.